The van der Waals surface area contributed by atoms with Gasteiger partial charge in [-0.3, -0.25) is 14.9 Å². The quantitative estimate of drug-likeness (QED) is 0.437. The number of nitrogens with zero attached hydrogens (tertiary/aromatic N) is 4. The number of amides is 1. The molecule has 3 rings (SSSR count). The lowest BCUT2D eigenvalue weighted by molar-refractivity contribution is -0.384. The average molecular weight is 467 g/mol. The van der Waals surface area contributed by atoms with E-state index in [1.54, 1.807) is 30.1 Å². The summed E-state index contributed by atoms with van der Waals surface area (Å²) in [5, 5.41) is 15.6. The van der Waals surface area contributed by atoms with E-state index in [0.717, 1.165) is 11.6 Å². The number of rotatable bonds is 8. The van der Waals surface area contributed by atoms with Gasteiger partial charge in [0, 0.05) is 45.3 Å². The number of hydrogen-bond donors (Lipinski definition) is 0. The summed E-state index contributed by atoms with van der Waals surface area (Å²) >= 11 is 1.55. The highest BCUT2D eigenvalue weighted by atomic mass is 32.2. The molecule has 0 spiro atoms. The second-order valence-corrected chi connectivity index (χ2v) is 9.89. The van der Waals surface area contributed by atoms with Crippen molar-refractivity contribution >= 4 is 38.6 Å². The van der Waals surface area contributed by atoms with E-state index in [1.807, 2.05) is 21.7 Å². The minimum atomic E-state index is -3.79. The third-order valence-corrected chi connectivity index (χ3v) is 8.17. The molecule has 1 saturated heterocycles. The van der Waals surface area contributed by atoms with Crippen molar-refractivity contribution < 1.29 is 18.1 Å². The first-order valence-corrected chi connectivity index (χ1v) is 12.5. The van der Waals surface area contributed by atoms with Crippen LogP contribution in [-0.4, -0.2) is 67.7 Å². The van der Waals surface area contributed by atoms with Crippen molar-refractivity contribution in [3.05, 3.63) is 50.7 Å². The number of nitro benzene ring substituents is 1. The lowest BCUT2D eigenvalue weighted by Crippen LogP contribution is -2.49. The summed E-state index contributed by atoms with van der Waals surface area (Å²) in [4.78, 5) is 27.2. The molecular formula is C20H26N4O5S2. The highest BCUT2D eigenvalue weighted by molar-refractivity contribution is 7.89. The van der Waals surface area contributed by atoms with E-state index in [1.165, 1.54) is 16.4 Å². The summed E-state index contributed by atoms with van der Waals surface area (Å²) in [6, 6.07) is 5.98. The number of thiophene rings is 1. The highest BCUT2D eigenvalue weighted by Gasteiger charge is 2.29. The number of sulfonamides is 1. The fourth-order valence-corrected chi connectivity index (χ4v) is 5.81. The van der Waals surface area contributed by atoms with Crippen molar-refractivity contribution in [3.8, 4) is 0 Å². The van der Waals surface area contributed by atoms with Gasteiger partial charge in [0.1, 0.15) is 5.69 Å². The number of nitro groups is 1. The van der Waals surface area contributed by atoms with E-state index in [0.29, 0.717) is 38.3 Å². The van der Waals surface area contributed by atoms with Gasteiger partial charge >= 0.3 is 0 Å². The maximum absolute atomic E-state index is 12.8. The number of carbonyl (C=O) groups is 1. The molecule has 1 aliphatic rings. The SMILES string of the molecule is CCN(CC)S(=O)(=O)c1ccc(N2CCN(C(=O)Cc3ccsc3)CC2)c([N+](=O)[O-])c1. The Balaban J connectivity index is 1.76. The van der Waals surface area contributed by atoms with Gasteiger partial charge in [0.05, 0.1) is 16.2 Å². The molecule has 1 aliphatic heterocycles. The molecule has 11 heteroatoms. The fraction of sp³-hybridized carbons (Fsp3) is 0.450. The Kier molecular flexibility index (Phi) is 7.29. The zero-order chi connectivity index (χ0) is 22.6. The van der Waals surface area contributed by atoms with Gasteiger partial charge < -0.3 is 9.80 Å². The summed E-state index contributed by atoms with van der Waals surface area (Å²) in [6.07, 6.45) is 0.349. The Labute approximate surface area is 186 Å². The molecule has 1 amide bonds. The van der Waals surface area contributed by atoms with E-state index in [-0.39, 0.29) is 29.6 Å². The molecule has 1 aromatic heterocycles. The molecule has 9 nitrogen and oxygen atoms in total. The van der Waals surface area contributed by atoms with Crippen LogP contribution >= 0.6 is 11.3 Å². The average Bonchev–Trinajstić information content (AvgIpc) is 3.27. The van der Waals surface area contributed by atoms with Crippen molar-refractivity contribution in [2.24, 2.45) is 0 Å². The Morgan fingerprint density at radius 1 is 1.16 bits per heavy atom. The maximum atomic E-state index is 12.8. The molecule has 2 aromatic rings. The van der Waals surface area contributed by atoms with Gasteiger partial charge in [-0.05, 0) is 34.5 Å². The monoisotopic (exact) mass is 466 g/mol. The Morgan fingerprint density at radius 2 is 1.84 bits per heavy atom. The first-order valence-electron chi connectivity index (χ1n) is 10.1. The van der Waals surface area contributed by atoms with E-state index < -0.39 is 14.9 Å². The van der Waals surface area contributed by atoms with Gasteiger partial charge in [-0.2, -0.15) is 15.6 Å². The Hall–Kier alpha value is -2.50. The van der Waals surface area contributed by atoms with Gasteiger partial charge in [-0.15, -0.1) is 0 Å². The van der Waals surface area contributed by atoms with Crippen LogP contribution in [0.4, 0.5) is 11.4 Å². The van der Waals surface area contributed by atoms with Crippen molar-refractivity contribution in [2.75, 3.05) is 44.2 Å². The van der Waals surface area contributed by atoms with Gasteiger partial charge in [-0.1, -0.05) is 13.8 Å². The summed E-state index contributed by atoms with van der Waals surface area (Å²) in [7, 11) is -3.79. The van der Waals surface area contributed by atoms with Crippen LogP contribution in [0.25, 0.3) is 0 Å². The molecule has 31 heavy (non-hydrogen) atoms. The van der Waals surface area contributed by atoms with Crippen LogP contribution in [0.3, 0.4) is 0 Å². The second kappa shape index (κ2) is 9.75. The van der Waals surface area contributed by atoms with Gasteiger partial charge in [-0.25, -0.2) is 8.42 Å². The van der Waals surface area contributed by atoms with E-state index in [4.69, 9.17) is 0 Å². The molecule has 0 N–H and O–H groups in total. The predicted molar refractivity (Wildman–Crippen MR) is 120 cm³/mol. The third-order valence-electron chi connectivity index (χ3n) is 5.40. The molecule has 1 fully saturated rings. The minimum Gasteiger partial charge on any atom is -0.362 e. The van der Waals surface area contributed by atoms with Gasteiger partial charge in [0.15, 0.2) is 0 Å². The molecule has 0 atom stereocenters. The lowest BCUT2D eigenvalue weighted by Gasteiger charge is -2.36. The largest absolute Gasteiger partial charge is 0.362 e. The number of hydrogen-bond acceptors (Lipinski definition) is 7. The van der Waals surface area contributed by atoms with Crippen molar-refractivity contribution in [1.29, 1.82) is 0 Å². The molecule has 0 unspecified atom stereocenters. The van der Waals surface area contributed by atoms with Crippen LogP contribution in [0, 0.1) is 10.1 Å². The third kappa shape index (κ3) is 5.05. The summed E-state index contributed by atoms with van der Waals surface area (Å²) in [5.41, 5.74) is 1.11. The topological polar surface area (TPSA) is 104 Å². The van der Waals surface area contributed by atoms with Crippen molar-refractivity contribution in [2.45, 2.75) is 25.2 Å². The van der Waals surface area contributed by atoms with E-state index in [9.17, 15) is 23.3 Å². The van der Waals surface area contributed by atoms with Gasteiger partial charge in [0.2, 0.25) is 15.9 Å². The normalized spacial score (nSPS) is 14.8. The van der Waals surface area contributed by atoms with E-state index >= 15 is 0 Å². The molecule has 2 heterocycles. The zero-order valence-electron chi connectivity index (χ0n) is 17.6. The number of benzene rings is 1. The van der Waals surface area contributed by atoms with Crippen LogP contribution in [0.15, 0.2) is 39.9 Å². The number of carbonyl (C=O) groups excluding carboxylic acids is 1. The van der Waals surface area contributed by atoms with Crippen LogP contribution in [0.2, 0.25) is 0 Å². The van der Waals surface area contributed by atoms with Gasteiger partial charge in [0.25, 0.3) is 5.69 Å². The summed E-state index contributed by atoms with van der Waals surface area (Å²) in [5.74, 6) is 0.0354. The van der Waals surface area contributed by atoms with Crippen LogP contribution in [-0.2, 0) is 21.2 Å². The molecule has 0 radical (unpaired) electrons. The van der Waals surface area contributed by atoms with Crippen LogP contribution in [0.1, 0.15) is 19.4 Å². The maximum Gasteiger partial charge on any atom is 0.293 e. The molecule has 0 bridgehead atoms. The van der Waals surface area contributed by atoms with Crippen LogP contribution < -0.4 is 4.90 Å². The predicted octanol–water partition coefficient (Wildman–Crippen LogP) is 2.58. The number of anilines is 1. The summed E-state index contributed by atoms with van der Waals surface area (Å²) < 4.78 is 26.8. The van der Waals surface area contributed by atoms with E-state index in [2.05, 4.69) is 0 Å². The molecule has 1 aromatic carbocycles. The zero-order valence-corrected chi connectivity index (χ0v) is 19.2. The standard InChI is InChI=1S/C20H26N4O5S2/c1-3-23(4-2)31(28,29)17-5-6-18(19(14-17)24(26)27)21-8-10-22(11-9-21)20(25)13-16-7-12-30-15-16/h5-7,12,14-15H,3-4,8-11,13H2,1-2H3. The molecule has 168 valence electrons. The molecule has 0 aliphatic carbocycles. The Morgan fingerprint density at radius 3 is 2.39 bits per heavy atom. The van der Waals surface area contributed by atoms with Crippen molar-refractivity contribution in [1.82, 2.24) is 9.21 Å². The minimum absolute atomic E-state index is 0.0354. The van der Waals surface area contributed by atoms with Crippen LogP contribution in [0.5, 0.6) is 0 Å². The highest BCUT2D eigenvalue weighted by Crippen LogP contribution is 2.32. The first-order chi connectivity index (χ1) is 14.8. The fourth-order valence-electron chi connectivity index (χ4n) is 3.67. The number of piperazine rings is 1. The Bertz CT molecular complexity index is 1030. The summed E-state index contributed by atoms with van der Waals surface area (Å²) in [6.45, 7) is 5.83. The first kappa shape index (κ1) is 23.2. The smallest absolute Gasteiger partial charge is 0.293 e. The lowest BCUT2D eigenvalue weighted by atomic mass is 10.2. The molecular weight excluding hydrogens is 440 g/mol. The van der Waals surface area contributed by atoms with Crippen molar-refractivity contribution in [3.63, 3.8) is 0 Å². The second-order valence-electron chi connectivity index (χ2n) is 7.17. The molecule has 0 saturated carbocycles.